The predicted octanol–water partition coefficient (Wildman–Crippen LogP) is 5.69. The number of benzene rings is 4. The molecule has 0 spiro atoms. The van der Waals surface area contributed by atoms with Crippen LogP contribution in [0.3, 0.4) is 0 Å². The third-order valence-corrected chi connectivity index (χ3v) is 6.15. The van der Waals surface area contributed by atoms with Crippen molar-refractivity contribution in [3.05, 3.63) is 113 Å². The summed E-state index contributed by atoms with van der Waals surface area (Å²) in [6.07, 6.45) is 1.74. The SMILES string of the molecule is Cc1cc(C=C(COc2cccc3ccccc23)C(=O)NCc2ccc(N(C)C)cc2)ccc1C(=O)O. The van der Waals surface area contributed by atoms with Gasteiger partial charge in [-0.3, -0.25) is 4.79 Å². The number of nitrogens with zero attached hydrogens (tertiary/aromatic N) is 1. The van der Waals surface area contributed by atoms with Crippen LogP contribution in [0, 0.1) is 6.92 Å². The van der Waals surface area contributed by atoms with Gasteiger partial charge in [0.1, 0.15) is 12.4 Å². The van der Waals surface area contributed by atoms with E-state index in [9.17, 15) is 14.7 Å². The molecule has 188 valence electrons. The van der Waals surface area contributed by atoms with E-state index in [-0.39, 0.29) is 18.1 Å². The number of fused-ring (bicyclic) bond motifs is 1. The highest BCUT2D eigenvalue weighted by molar-refractivity contribution is 5.98. The van der Waals surface area contributed by atoms with Crippen LogP contribution in [-0.2, 0) is 11.3 Å². The van der Waals surface area contributed by atoms with Crippen LogP contribution in [0.15, 0.2) is 90.5 Å². The number of carboxylic acids is 1. The smallest absolute Gasteiger partial charge is 0.335 e. The Balaban J connectivity index is 1.57. The monoisotopic (exact) mass is 494 g/mol. The van der Waals surface area contributed by atoms with E-state index in [1.54, 1.807) is 31.2 Å². The van der Waals surface area contributed by atoms with Crippen molar-refractivity contribution >= 4 is 34.4 Å². The quantitative estimate of drug-likeness (QED) is 0.292. The lowest BCUT2D eigenvalue weighted by atomic mass is 10.0. The van der Waals surface area contributed by atoms with Crippen molar-refractivity contribution in [2.45, 2.75) is 13.5 Å². The molecule has 0 radical (unpaired) electrons. The number of amides is 1. The molecule has 0 unspecified atom stereocenters. The van der Waals surface area contributed by atoms with Gasteiger partial charge in [-0.1, -0.05) is 60.7 Å². The minimum atomic E-state index is -0.981. The number of carbonyl (C=O) groups is 2. The maximum absolute atomic E-state index is 13.3. The van der Waals surface area contributed by atoms with E-state index in [1.165, 1.54) is 0 Å². The van der Waals surface area contributed by atoms with Crippen LogP contribution in [0.4, 0.5) is 5.69 Å². The molecule has 4 aromatic rings. The number of carboxylic acid groups (broad SMARTS) is 1. The first-order chi connectivity index (χ1) is 17.8. The molecule has 37 heavy (non-hydrogen) atoms. The van der Waals surface area contributed by atoms with Gasteiger partial charge in [-0.2, -0.15) is 0 Å². The summed E-state index contributed by atoms with van der Waals surface area (Å²) < 4.78 is 6.13. The molecule has 0 aliphatic heterocycles. The fourth-order valence-electron chi connectivity index (χ4n) is 4.08. The molecule has 0 aliphatic rings. The number of aromatic carboxylic acids is 1. The number of hydrogen-bond donors (Lipinski definition) is 2. The summed E-state index contributed by atoms with van der Waals surface area (Å²) in [6.45, 7) is 2.17. The fourth-order valence-corrected chi connectivity index (χ4v) is 4.08. The molecule has 0 saturated heterocycles. The maximum Gasteiger partial charge on any atom is 0.335 e. The molecule has 0 atom stereocenters. The minimum absolute atomic E-state index is 0.0547. The highest BCUT2D eigenvalue weighted by Gasteiger charge is 2.14. The second-order valence-corrected chi connectivity index (χ2v) is 9.06. The summed E-state index contributed by atoms with van der Waals surface area (Å²) in [4.78, 5) is 26.7. The van der Waals surface area contributed by atoms with Crippen LogP contribution in [-0.4, -0.2) is 37.7 Å². The van der Waals surface area contributed by atoms with Gasteiger partial charge in [0.15, 0.2) is 0 Å². The summed E-state index contributed by atoms with van der Waals surface area (Å²) in [5, 5.41) is 14.4. The van der Waals surface area contributed by atoms with Crippen LogP contribution >= 0.6 is 0 Å². The van der Waals surface area contributed by atoms with Crippen molar-refractivity contribution in [3.8, 4) is 5.75 Å². The zero-order valence-electron chi connectivity index (χ0n) is 21.2. The first-order valence-electron chi connectivity index (χ1n) is 12.0. The molecule has 2 N–H and O–H groups in total. The van der Waals surface area contributed by atoms with Crippen molar-refractivity contribution in [2.75, 3.05) is 25.6 Å². The summed E-state index contributed by atoms with van der Waals surface area (Å²) in [5.41, 5.74) is 4.08. The third kappa shape index (κ3) is 6.35. The fraction of sp³-hybridized carbons (Fsp3) is 0.161. The molecule has 4 rings (SSSR count). The average molecular weight is 495 g/mol. The lowest BCUT2D eigenvalue weighted by Gasteiger charge is -2.14. The zero-order valence-corrected chi connectivity index (χ0v) is 21.2. The Labute approximate surface area is 216 Å². The Morgan fingerprint density at radius 3 is 2.38 bits per heavy atom. The van der Waals surface area contributed by atoms with Crippen LogP contribution in [0.25, 0.3) is 16.8 Å². The zero-order chi connectivity index (χ0) is 26.4. The molecule has 0 bridgehead atoms. The number of rotatable bonds is 9. The maximum atomic E-state index is 13.3. The molecular formula is C31H30N2O4. The third-order valence-electron chi connectivity index (χ3n) is 6.15. The average Bonchev–Trinajstić information content (AvgIpc) is 2.89. The standard InChI is InChI=1S/C31H30N2O4/c1-21-17-23(13-16-27(21)31(35)36)18-25(20-37-29-10-6-8-24-7-4-5-9-28(24)29)30(34)32-19-22-11-14-26(15-12-22)33(2)3/h4-18H,19-20H2,1-3H3,(H,32,34)(H,35,36). The molecule has 6 heteroatoms. The Morgan fingerprint density at radius 1 is 0.946 bits per heavy atom. The number of aryl methyl sites for hydroxylation is 1. The van der Waals surface area contributed by atoms with Crippen LogP contribution in [0.1, 0.15) is 27.0 Å². The molecule has 0 fully saturated rings. The number of nitrogens with one attached hydrogen (secondary N) is 1. The first kappa shape index (κ1) is 25.5. The number of carbonyl (C=O) groups excluding carboxylic acids is 1. The van der Waals surface area contributed by atoms with Gasteiger partial charge in [-0.05, 0) is 59.3 Å². The Bertz CT molecular complexity index is 1450. The predicted molar refractivity (Wildman–Crippen MR) is 148 cm³/mol. The van der Waals surface area contributed by atoms with Crippen molar-refractivity contribution in [1.82, 2.24) is 5.32 Å². The Kier molecular flexibility index (Phi) is 7.89. The lowest BCUT2D eigenvalue weighted by molar-refractivity contribution is -0.117. The van der Waals surface area contributed by atoms with Gasteiger partial charge in [0.05, 0.1) is 11.1 Å². The van der Waals surface area contributed by atoms with E-state index in [4.69, 9.17) is 4.74 Å². The van der Waals surface area contributed by atoms with Gasteiger partial charge in [0, 0.05) is 31.7 Å². The highest BCUT2D eigenvalue weighted by Crippen LogP contribution is 2.26. The van der Waals surface area contributed by atoms with Crippen molar-refractivity contribution in [2.24, 2.45) is 0 Å². The summed E-state index contributed by atoms with van der Waals surface area (Å²) >= 11 is 0. The largest absolute Gasteiger partial charge is 0.488 e. The molecular weight excluding hydrogens is 464 g/mol. The number of hydrogen-bond acceptors (Lipinski definition) is 4. The molecule has 4 aromatic carbocycles. The van der Waals surface area contributed by atoms with E-state index < -0.39 is 5.97 Å². The number of anilines is 1. The lowest BCUT2D eigenvalue weighted by Crippen LogP contribution is -2.27. The summed E-state index contributed by atoms with van der Waals surface area (Å²) in [7, 11) is 3.96. The Morgan fingerprint density at radius 2 is 1.68 bits per heavy atom. The molecule has 0 aliphatic carbocycles. The van der Waals surface area contributed by atoms with Gasteiger partial charge in [-0.15, -0.1) is 0 Å². The van der Waals surface area contributed by atoms with Crippen LogP contribution in [0.2, 0.25) is 0 Å². The van der Waals surface area contributed by atoms with Crippen LogP contribution < -0.4 is 15.0 Å². The molecule has 1 amide bonds. The van der Waals surface area contributed by atoms with E-state index in [1.807, 2.05) is 85.7 Å². The molecule has 0 saturated carbocycles. The first-order valence-corrected chi connectivity index (χ1v) is 12.0. The van der Waals surface area contributed by atoms with Gasteiger partial charge in [0.25, 0.3) is 5.91 Å². The molecule has 0 aromatic heterocycles. The van der Waals surface area contributed by atoms with Gasteiger partial charge in [-0.25, -0.2) is 4.79 Å². The molecule has 0 heterocycles. The normalized spacial score (nSPS) is 11.3. The van der Waals surface area contributed by atoms with E-state index >= 15 is 0 Å². The van der Waals surface area contributed by atoms with Crippen molar-refractivity contribution in [3.63, 3.8) is 0 Å². The molecule has 6 nitrogen and oxygen atoms in total. The van der Waals surface area contributed by atoms with Crippen molar-refractivity contribution < 1.29 is 19.4 Å². The van der Waals surface area contributed by atoms with Gasteiger partial charge < -0.3 is 20.1 Å². The van der Waals surface area contributed by atoms with Crippen LogP contribution in [0.5, 0.6) is 5.75 Å². The summed E-state index contributed by atoms with van der Waals surface area (Å²) in [5.74, 6) is -0.545. The van der Waals surface area contributed by atoms with E-state index in [0.29, 0.717) is 23.4 Å². The topological polar surface area (TPSA) is 78.9 Å². The second kappa shape index (κ2) is 11.4. The Hall–Kier alpha value is -4.58. The second-order valence-electron chi connectivity index (χ2n) is 9.06. The summed E-state index contributed by atoms with van der Waals surface area (Å²) in [6, 6.07) is 26.7. The van der Waals surface area contributed by atoms with E-state index in [2.05, 4.69) is 5.32 Å². The van der Waals surface area contributed by atoms with Gasteiger partial charge in [0.2, 0.25) is 0 Å². The minimum Gasteiger partial charge on any atom is -0.488 e. The number of ether oxygens (including phenoxy) is 1. The van der Waals surface area contributed by atoms with Gasteiger partial charge >= 0.3 is 5.97 Å². The highest BCUT2D eigenvalue weighted by atomic mass is 16.5. The van der Waals surface area contributed by atoms with E-state index in [0.717, 1.165) is 27.6 Å². The van der Waals surface area contributed by atoms with Crippen molar-refractivity contribution in [1.29, 1.82) is 0 Å².